The second kappa shape index (κ2) is 13.7. The van der Waals surface area contributed by atoms with Crippen molar-refractivity contribution < 1.29 is 51.1 Å². The van der Waals surface area contributed by atoms with Crippen LogP contribution in [0.4, 0.5) is 0 Å². The van der Waals surface area contributed by atoms with Gasteiger partial charge >= 0.3 is 0 Å². The smallest absolute Gasteiger partial charge is 0.111 e. The molecular weight excluding hydrogens is 368 g/mol. The van der Waals surface area contributed by atoms with Crippen molar-refractivity contribution >= 4 is 0 Å². The molecule has 12 N–H and O–H groups in total. The molecule has 0 rings (SSSR count). The van der Waals surface area contributed by atoms with Gasteiger partial charge in [0.2, 0.25) is 0 Å². The van der Waals surface area contributed by atoms with Crippen molar-refractivity contribution in [2.75, 3.05) is 39.4 Å². The summed E-state index contributed by atoms with van der Waals surface area (Å²) in [5.41, 5.74) is 5.42. The highest BCUT2D eigenvalue weighted by Crippen LogP contribution is 2.11. The molecule has 0 aliphatic rings. The third-order valence-electron chi connectivity index (χ3n) is 4.22. The van der Waals surface area contributed by atoms with Crippen LogP contribution >= 0.6 is 0 Å². The van der Waals surface area contributed by atoms with Crippen LogP contribution in [-0.4, -0.2) is 144 Å². The molecule has 0 saturated heterocycles. The molecule has 0 aliphatic carbocycles. The zero-order chi connectivity index (χ0) is 21.1. The number of hydrogen-bond donors (Lipinski definition) is 11. The third kappa shape index (κ3) is 9.04. The first-order chi connectivity index (χ1) is 12.6. The zero-order valence-corrected chi connectivity index (χ0v) is 15.1. The lowest BCUT2D eigenvalue weighted by Crippen LogP contribution is -2.53. The van der Waals surface area contributed by atoms with Gasteiger partial charge in [-0.25, -0.2) is 0 Å². The van der Waals surface area contributed by atoms with Crippen molar-refractivity contribution in [3.63, 3.8) is 0 Å². The van der Waals surface area contributed by atoms with Crippen molar-refractivity contribution in [3.8, 4) is 0 Å². The first kappa shape index (κ1) is 26.5. The van der Waals surface area contributed by atoms with Crippen LogP contribution in [0.1, 0.15) is 6.42 Å². The van der Waals surface area contributed by atoms with E-state index in [0.29, 0.717) is 6.42 Å². The van der Waals surface area contributed by atoms with Crippen LogP contribution in [0.15, 0.2) is 0 Å². The van der Waals surface area contributed by atoms with E-state index in [1.165, 1.54) is 4.90 Å². The third-order valence-corrected chi connectivity index (χ3v) is 4.22. The highest BCUT2D eigenvalue weighted by Gasteiger charge is 2.34. The van der Waals surface area contributed by atoms with Crippen molar-refractivity contribution in [1.29, 1.82) is 0 Å². The van der Waals surface area contributed by atoms with Crippen LogP contribution < -0.4 is 5.73 Å². The molecule has 0 aromatic carbocycles. The molecule has 0 radical (unpaired) electrons. The Kier molecular flexibility index (Phi) is 13.4. The number of nitrogens with zero attached hydrogens (tertiary/aromatic N) is 1. The number of hydrogen-bond acceptors (Lipinski definition) is 12. The van der Waals surface area contributed by atoms with Gasteiger partial charge in [-0.2, -0.15) is 0 Å². The van der Waals surface area contributed by atoms with Crippen molar-refractivity contribution in [1.82, 2.24) is 4.90 Å². The Balaban J connectivity index is 4.91. The zero-order valence-electron chi connectivity index (χ0n) is 15.1. The summed E-state index contributed by atoms with van der Waals surface area (Å²) in [6, 6.07) is 0. The van der Waals surface area contributed by atoms with E-state index in [2.05, 4.69) is 0 Å². The maximum Gasteiger partial charge on any atom is 0.111 e. The molecule has 27 heavy (non-hydrogen) atoms. The maximum atomic E-state index is 10.0. The van der Waals surface area contributed by atoms with Crippen LogP contribution in [-0.2, 0) is 0 Å². The summed E-state index contributed by atoms with van der Waals surface area (Å²) < 4.78 is 0. The average molecular weight is 402 g/mol. The largest absolute Gasteiger partial charge is 0.394 e. The van der Waals surface area contributed by atoms with E-state index in [1.807, 2.05) is 0 Å². The molecule has 0 saturated carbocycles. The molecule has 0 fully saturated rings. The predicted molar refractivity (Wildman–Crippen MR) is 92.3 cm³/mol. The van der Waals surface area contributed by atoms with E-state index >= 15 is 0 Å². The Morgan fingerprint density at radius 3 is 1.22 bits per heavy atom. The molecule has 164 valence electrons. The minimum Gasteiger partial charge on any atom is -0.394 e. The predicted octanol–water partition coefficient (Wildman–Crippen LogP) is -6.49. The number of aliphatic hydroxyl groups is 10. The van der Waals surface area contributed by atoms with Gasteiger partial charge in [-0.15, -0.1) is 0 Å². The maximum absolute atomic E-state index is 10.0. The number of nitrogens with two attached hydrogens (primary N) is 1. The van der Waals surface area contributed by atoms with Crippen LogP contribution in [0.5, 0.6) is 0 Å². The first-order valence-corrected chi connectivity index (χ1v) is 8.69. The highest BCUT2D eigenvalue weighted by molar-refractivity contribution is 4.86. The lowest BCUT2D eigenvalue weighted by Gasteiger charge is -2.33. The second-order valence-electron chi connectivity index (χ2n) is 6.50. The molecule has 12 heteroatoms. The van der Waals surface area contributed by atoms with Gasteiger partial charge in [-0.05, 0) is 19.5 Å². The fraction of sp³-hybridized carbons (Fsp3) is 1.00. The van der Waals surface area contributed by atoms with Crippen LogP contribution in [0.25, 0.3) is 0 Å². The Hall–Kier alpha value is -0.480. The molecule has 12 nitrogen and oxygen atoms in total. The van der Waals surface area contributed by atoms with E-state index in [1.54, 1.807) is 0 Å². The van der Waals surface area contributed by atoms with Gasteiger partial charge < -0.3 is 56.8 Å². The molecule has 8 atom stereocenters. The summed E-state index contributed by atoms with van der Waals surface area (Å²) in [5.74, 6) is 0. The van der Waals surface area contributed by atoms with Gasteiger partial charge in [0.1, 0.15) is 36.6 Å². The lowest BCUT2D eigenvalue weighted by molar-refractivity contribution is -0.130. The van der Waals surface area contributed by atoms with Gasteiger partial charge in [-0.1, -0.05) is 0 Å². The Labute approximate surface area is 157 Å². The van der Waals surface area contributed by atoms with E-state index < -0.39 is 62.0 Å². The quantitative estimate of drug-likeness (QED) is 0.123. The summed E-state index contributed by atoms with van der Waals surface area (Å²) in [6.07, 6.45) is -13.2. The first-order valence-electron chi connectivity index (χ1n) is 8.69. The van der Waals surface area contributed by atoms with Gasteiger partial charge in [0.25, 0.3) is 0 Å². The minimum atomic E-state index is -1.81. The van der Waals surface area contributed by atoms with Crippen LogP contribution in [0.2, 0.25) is 0 Å². The fourth-order valence-electron chi connectivity index (χ4n) is 2.44. The van der Waals surface area contributed by atoms with E-state index in [0.717, 1.165) is 0 Å². The summed E-state index contributed by atoms with van der Waals surface area (Å²) in [4.78, 5) is 1.39. The Morgan fingerprint density at radius 2 is 0.926 bits per heavy atom. The van der Waals surface area contributed by atoms with E-state index in [-0.39, 0.29) is 26.2 Å². The Bertz CT molecular complexity index is 351. The van der Waals surface area contributed by atoms with Gasteiger partial charge in [0.05, 0.1) is 25.4 Å². The molecule has 0 amide bonds. The van der Waals surface area contributed by atoms with Crippen molar-refractivity contribution in [3.05, 3.63) is 0 Å². The number of aliphatic hydroxyl groups excluding tert-OH is 10. The van der Waals surface area contributed by atoms with Crippen molar-refractivity contribution in [2.24, 2.45) is 5.73 Å². The number of rotatable bonds is 15. The van der Waals surface area contributed by atoms with Crippen molar-refractivity contribution in [2.45, 2.75) is 55.3 Å². The fourth-order valence-corrected chi connectivity index (χ4v) is 2.44. The van der Waals surface area contributed by atoms with E-state index in [4.69, 9.17) is 15.9 Å². The molecule has 0 heterocycles. The topological polar surface area (TPSA) is 232 Å². The molecular formula is C15H34N2O10. The molecule has 0 spiro atoms. The highest BCUT2D eigenvalue weighted by atomic mass is 16.4. The summed E-state index contributed by atoms with van der Waals surface area (Å²) >= 11 is 0. The molecule has 0 aliphatic heterocycles. The molecule has 0 bridgehead atoms. The summed E-state index contributed by atoms with van der Waals surface area (Å²) in [7, 11) is 0. The molecule has 0 aromatic heterocycles. The molecule has 0 aromatic rings. The Morgan fingerprint density at radius 1 is 0.593 bits per heavy atom. The minimum absolute atomic E-state index is 0.224. The summed E-state index contributed by atoms with van der Waals surface area (Å²) in [6.45, 7) is -1.74. The standard InChI is InChI=1S/C15H34N2O10/c16-2-1-3-17(4-8(20)12(24)14(26)10(22)6-18)5-9(21)13(25)15(27)11(23)7-19/h8-15,18-27H,1-7,16H2/t8-,9-,10+,11+,12+,13+,14+,15+/m0/s1. The molecule has 0 unspecified atom stereocenters. The SMILES string of the molecule is NCCCN(C[C@H](O)[C@@H](O)[C@H](O)[C@H](O)CO)C[C@H](O)[C@@H](O)[C@H](O)[C@H](O)CO. The van der Waals surface area contributed by atoms with Gasteiger partial charge in [0.15, 0.2) is 0 Å². The monoisotopic (exact) mass is 402 g/mol. The lowest BCUT2D eigenvalue weighted by atomic mass is 10.0. The average Bonchev–Trinajstić information content (AvgIpc) is 2.67. The van der Waals surface area contributed by atoms with E-state index in [9.17, 15) is 40.9 Å². The second-order valence-corrected chi connectivity index (χ2v) is 6.50. The van der Waals surface area contributed by atoms with Gasteiger partial charge in [-0.3, -0.25) is 4.90 Å². The van der Waals surface area contributed by atoms with Crippen LogP contribution in [0.3, 0.4) is 0 Å². The summed E-state index contributed by atoms with van der Waals surface area (Å²) in [5, 5.41) is 95.3. The van der Waals surface area contributed by atoms with Gasteiger partial charge in [0, 0.05) is 13.1 Å². The normalized spacial score (nSPS) is 21.3. The van der Waals surface area contributed by atoms with Crippen LogP contribution in [0, 0.1) is 0 Å².